The fraction of sp³-hybridized carbons (Fsp3) is 0.400. The lowest BCUT2D eigenvalue weighted by molar-refractivity contribution is 1.06. The Kier molecular flexibility index (Phi) is 1.11. The van der Waals surface area contributed by atoms with Crippen molar-refractivity contribution in [1.82, 2.24) is 9.97 Å². The van der Waals surface area contributed by atoms with E-state index in [1.807, 2.05) is 6.92 Å². The molecule has 1 aromatic rings. The van der Waals surface area contributed by atoms with Crippen molar-refractivity contribution in [3.63, 3.8) is 0 Å². The molecule has 0 aliphatic rings. The first-order valence-electron chi connectivity index (χ1n) is 2.26. The maximum Gasteiger partial charge on any atom is 0.174 e. The maximum absolute atomic E-state index is 3.59. The van der Waals surface area contributed by atoms with Crippen LogP contribution in [0.15, 0.2) is 0 Å². The second kappa shape index (κ2) is 1.78. The molecular weight excluding hydrogens is 88.1 g/mol. The highest BCUT2D eigenvalue weighted by Gasteiger charge is 1.84. The summed E-state index contributed by atoms with van der Waals surface area (Å²) < 4.78 is 0. The quantitative estimate of drug-likeness (QED) is 0.541. The average molecular weight is 94.1 g/mol. The molecule has 0 aliphatic carbocycles. The van der Waals surface area contributed by atoms with E-state index in [1.165, 1.54) is 0 Å². The molecular formula is C5H6N2. The fourth-order valence-electron chi connectivity index (χ4n) is 0.386. The molecule has 0 fully saturated rings. The minimum atomic E-state index is 0.955. The Labute approximate surface area is 42.6 Å². The van der Waals surface area contributed by atoms with Crippen LogP contribution in [-0.4, -0.2) is 9.97 Å². The number of aromatic amines is 1. The van der Waals surface area contributed by atoms with Crippen LogP contribution in [0.2, 0.25) is 0 Å². The van der Waals surface area contributed by atoms with Gasteiger partial charge >= 0.3 is 0 Å². The summed E-state index contributed by atoms with van der Waals surface area (Å²) in [7, 11) is 0. The van der Waals surface area contributed by atoms with Gasteiger partial charge in [0.05, 0.1) is 0 Å². The Bertz CT molecular complexity index is 121. The summed E-state index contributed by atoms with van der Waals surface area (Å²) in [6, 6.07) is 0. The second-order valence-corrected chi connectivity index (χ2v) is 1.29. The van der Waals surface area contributed by atoms with Crippen LogP contribution in [0.4, 0.5) is 0 Å². The van der Waals surface area contributed by atoms with E-state index in [0.717, 1.165) is 12.1 Å². The highest BCUT2D eigenvalue weighted by Crippen LogP contribution is 1.86. The molecule has 2 heteroatoms. The molecule has 1 N–H and O–H groups in total. The summed E-state index contributed by atoms with van der Waals surface area (Å²) >= 11 is 0. The van der Waals surface area contributed by atoms with Gasteiger partial charge in [0.15, 0.2) is 6.33 Å². The van der Waals surface area contributed by atoms with Crippen molar-refractivity contribution in [2.24, 2.45) is 0 Å². The molecule has 0 atom stereocenters. The molecule has 1 aromatic heterocycles. The predicted molar refractivity (Wildman–Crippen MR) is 25.6 cm³/mol. The lowest BCUT2D eigenvalue weighted by Crippen LogP contribution is -1.74. The first-order chi connectivity index (χ1) is 3.43. The Hall–Kier alpha value is -0.790. The lowest BCUT2D eigenvalue weighted by atomic mass is 10.4. The molecule has 0 bridgehead atoms. The molecule has 0 unspecified atom stereocenters. The smallest absolute Gasteiger partial charge is 0.174 e. The fourth-order valence-corrected chi connectivity index (χ4v) is 0.386. The van der Waals surface area contributed by atoms with Gasteiger partial charge in [0.25, 0.3) is 0 Å². The summed E-state index contributed by atoms with van der Waals surface area (Å²) in [6.45, 7) is 2.04. The molecule has 0 spiro atoms. The minimum Gasteiger partial charge on any atom is -0.339 e. The minimum absolute atomic E-state index is 0.955. The van der Waals surface area contributed by atoms with Crippen molar-refractivity contribution in [1.29, 1.82) is 0 Å². The van der Waals surface area contributed by atoms with Crippen molar-refractivity contribution < 1.29 is 0 Å². The van der Waals surface area contributed by atoms with Crippen LogP contribution >= 0.6 is 0 Å². The van der Waals surface area contributed by atoms with E-state index in [-0.39, 0.29) is 0 Å². The summed E-state index contributed by atoms with van der Waals surface area (Å²) in [6.07, 6.45) is 6.23. The monoisotopic (exact) mass is 94.1 g/mol. The first kappa shape index (κ1) is 4.37. The van der Waals surface area contributed by atoms with Crippen LogP contribution in [0.1, 0.15) is 12.6 Å². The highest BCUT2D eigenvalue weighted by atomic mass is 14.8. The maximum atomic E-state index is 3.59. The molecule has 7 heavy (non-hydrogen) atoms. The predicted octanol–water partition coefficient (Wildman–Crippen LogP) is 0.572. The summed E-state index contributed by atoms with van der Waals surface area (Å²) in [5.41, 5.74) is 1.01. The van der Waals surface area contributed by atoms with Gasteiger partial charge in [-0.3, -0.25) is 0 Å². The Morgan fingerprint density at radius 2 is 2.71 bits per heavy atom. The zero-order valence-electron chi connectivity index (χ0n) is 4.15. The number of nitrogens with zero attached hydrogens (tertiary/aromatic N) is 1. The Morgan fingerprint density at radius 3 is 3.00 bits per heavy atom. The molecule has 36 valence electrons. The third-order valence-corrected chi connectivity index (χ3v) is 0.807. The summed E-state index contributed by atoms with van der Waals surface area (Å²) in [5, 5.41) is 0. The van der Waals surface area contributed by atoms with E-state index in [0.29, 0.717) is 0 Å². The molecule has 0 saturated carbocycles. The normalized spacial score (nSPS) is 9.29. The summed E-state index contributed by atoms with van der Waals surface area (Å²) in [4.78, 5) is 6.38. The van der Waals surface area contributed by atoms with Gasteiger partial charge in [-0.2, -0.15) is 0 Å². The number of nitrogens with one attached hydrogen (secondary N) is 1. The zero-order chi connectivity index (χ0) is 5.11. The van der Waals surface area contributed by atoms with E-state index >= 15 is 0 Å². The van der Waals surface area contributed by atoms with Gasteiger partial charge in [0.1, 0.15) is 6.20 Å². The van der Waals surface area contributed by atoms with Crippen LogP contribution in [0, 0.1) is 12.5 Å². The van der Waals surface area contributed by atoms with Crippen molar-refractivity contribution in [2.75, 3.05) is 0 Å². The van der Waals surface area contributed by atoms with E-state index < -0.39 is 0 Å². The van der Waals surface area contributed by atoms with Crippen molar-refractivity contribution in [3.05, 3.63) is 18.2 Å². The second-order valence-electron chi connectivity index (χ2n) is 1.29. The molecule has 1 heterocycles. The number of hydrogen-bond donors (Lipinski definition) is 1. The number of imidazole rings is 1. The number of aryl methyl sites for hydroxylation is 1. The van der Waals surface area contributed by atoms with Gasteiger partial charge in [0.2, 0.25) is 0 Å². The molecule has 2 nitrogen and oxygen atoms in total. The van der Waals surface area contributed by atoms with Gasteiger partial charge in [0, 0.05) is 5.69 Å². The SMILES string of the molecule is CCc1[c]n[c][nH]1. The number of aromatic nitrogens is 2. The van der Waals surface area contributed by atoms with E-state index in [2.05, 4.69) is 22.5 Å². The lowest BCUT2D eigenvalue weighted by Gasteiger charge is -1.78. The van der Waals surface area contributed by atoms with Crippen molar-refractivity contribution >= 4 is 0 Å². The Morgan fingerprint density at radius 1 is 1.86 bits per heavy atom. The number of rotatable bonds is 1. The topological polar surface area (TPSA) is 28.7 Å². The molecule has 1 rings (SSSR count). The Balaban J connectivity index is 2.76. The molecule has 0 aromatic carbocycles. The first-order valence-corrected chi connectivity index (χ1v) is 2.26. The third-order valence-electron chi connectivity index (χ3n) is 0.807. The third kappa shape index (κ3) is 0.796. The van der Waals surface area contributed by atoms with Crippen LogP contribution in [0.3, 0.4) is 0 Å². The average Bonchev–Trinajstić information content (AvgIpc) is 2.14. The zero-order valence-corrected chi connectivity index (χ0v) is 4.15. The van der Waals surface area contributed by atoms with E-state index in [1.54, 1.807) is 0 Å². The van der Waals surface area contributed by atoms with Gasteiger partial charge in [-0.15, -0.1) is 0 Å². The largest absolute Gasteiger partial charge is 0.339 e. The van der Waals surface area contributed by atoms with E-state index in [4.69, 9.17) is 0 Å². The van der Waals surface area contributed by atoms with Gasteiger partial charge in [-0.25, -0.2) is 4.98 Å². The van der Waals surface area contributed by atoms with Gasteiger partial charge in [-0.1, -0.05) is 6.92 Å². The van der Waals surface area contributed by atoms with Crippen LogP contribution in [-0.2, 0) is 6.42 Å². The van der Waals surface area contributed by atoms with Crippen LogP contribution in [0.5, 0.6) is 0 Å². The highest BCUT2D eigenvalue weighted by molar-refractivity contribution is 4.89. The van der Waals surface area contributed by atoms with Crippen LogP contribution < -0.4 is 0 Å². The van der Waals surface area contributed by atoms with E-state index in [9.17, 15) is 0 Å². The molecule has 2 radical (unpaired) electrons. The number of H-pyrrole nitrogens is 1. The van der Waals surface area contributed by atoms with Gasteiger partial charge < -0.3 is 4.98 Å². The summed E-state index contributed by atoms with van der Waals surface area (Å²) in [5.74, 6) is 0. The standard InChI is InChI=1S/C5H6N2/c1-2-5-3-6-4-7-5/h2H2,1H3,(H,6,7). The number of hydrogen-bond acceptors (Lipinski definition) is 1. The van der Waals surface area contributed by atoms with Gasteiger partial charge in [-0.05, 0) is 6.42 Å². The molecule has 0 aliphatic heterocycles. The van der Waals surface area contributed by atoms with Crippen LogP contribution in [0.25, 0.3) is 0 Å². The molecule has 0 amide bonds. The van der Waals surface area contributed by atoms with Crippen molar-refractivity contribution in [3.8, 4) is 0 Å². The molecule has 0 saturated heterocycles. The van der Waals surface area contributed by atoms with Crippen molar-refractivity contribution in [2.45, 2.75) is 13.3 Å².